The van der Waals surface area contributed by atoms with Crippen molar-refractivity contribution in [2.75, 3.05) is 26.7 Å². The molecule has 24 heavy (non-hydrogen) atoms. The molecule has 1 fully saturated rings. The zero-order valence-corrected chi connectivity index (χ0v) is 13.6. The molecule has 1 atom stereocenters. The molecule has 1 amide bonds. The topological polar surface area (TPSA) is 58.6 Å². The third-order valence-electron chi connectivity index (χ3n) is 4.21. The smallest absolute Gasteiger partial charge is 0.333 e. The van der Waals surface area contributed by atoms with Crippen LogP contribution in [0.1, 0.15) is 24.4 Å². The Kier molecular flexibility index (Phi) is 6.66. The number of carbonyl (C=O) groups is 2. The molecule has 7 heteroatoms. The number of halogens is 2. The monoisotopic (exact) mass is 340 g/mol. The van der Waals surface area contributed by atoms with E-state index in [1.165, 1.54) is 7.11 Å². The maximum atomic E-state index is 12.4. The number of likely N-dealkylation sites (tertiary alicyclic amines) is 1. The highest BCUT2D eigenvalue weighted by atomic mass is 19.3. The molecular formula is C17H22F2N2O3. The fraction of sp³-hybridized carbons (Fsp3) is 0.529. The fourth-order valence-corrected chi connectivity index (χ4v) is 2.87. The Morgan fingerprint density at radius 1 is 1.25 bits per heavy atom. The van der Waals surface area contributed by atoms with Gasteiger partial charge in [-0.2, -0.15) is 0 Å². The highest BCUT2D eigenvalue weighted by Gasteiger charge is 2.30. The van der Waals surface area contributed by atoms with Crippen molar-refractivity contribution < 1.29 is 23.1 Å². The van der Waals surface area contributed by atoms with Crippen LogP contribution in [0.25, 0.3) is 0 Å². The van der Waals surface area contributed by atoms with E-state index in [9.17, 15) is 18.4 Å². The molecule has 2 rings (SSSR count). The van der Waals surface area contributed by atoms with E-state index in [0.29, 0.717) is 31.5 Å². The number of benzene rings is 1. The lowest BCUT2D eigenvalue weighted by molar-refractivity contribution is -0.146. The molecular weight excluding hydrogens is 318 g/mol. The van der Waals surface area contributed by atoms with Crippen LogP contribution in [-0.4, -0.2) is 49.9 Å². The lowest BCUT2D eigenvalue weighted by Crippen LogP contribution is -2.44. The number of methoxy groups -OCH3 is 1. The summed E-state index contributed by atoms with van der Waals surface area (Å²) in [6.07, 6.45) is -1.36. The summed E-state index contributed by atoms with van der Waals surface area (Å²) in [6.45, 7) is 0.649. The summed E-state index contributed by atoms with van der Waals surface area (Å²) in [7, 11) is 1.27. The molecule has 0 spiro atoms. The van der Waals surface area contributed by atoms with Crippen molar-refractivity contribution in [2.24, 2.45) is 5.92 Å². The largest absolute Gasteiger partial charge is 0.467 e. The number of piperidine rings is 1. The first-order valence-electron chi connectivity index (χ1n) is 7.95. The van der Waals surface area contributed by atoms with Crippen molar-refractivity contribution in [1.82, 2.24) is 10.2 Å². The van der Waals surface area contributed by atoms with E-state index < -0.39 is 18.4 Å². The molecule has 0 bridgehead atoms. The van der Waals surface area contributed by atoms with Gasteiger partial charge in [-0.05, 0) is 31.5 Å². The van der Waals surface area contributed by atoms with Gasteiger partial charge in [0.25, 0.3) is 6.43 Å². The number of ether oxygens (including phenoxy) is 1. The summed E-state index contributed by atoms with van der Waals surface area (Å²) in [5.74, 6) is -1.06. The Morgan fingerprint density at radius 2 is 1.88 bits per heavy atom. The summed E-state index contributed by atoms with van der Waals surface area (Å²) in [4.78, 5) is 26.1. The normalized spacial score (nSPS) is 17.5. The van der Waals surface area contributed by atoms with Crippen molar-refractivity contribution in [3.63, 3.8) is 0 Å². The Balaban J connectivity index is 1.95. The first-order valence-corrected chi connectivity index (χ1v) is 7.95. The number of hydrogen-bond acceptors (Lipinski definition) is 4. The van der Waals surface area contributed by atoms with E-state index in [-0.39, 0.29) is 18.4 Å². The third kappa shape index (κ3) is 4.99. The number of esters is 1. The van der Waals surface area contributed by atoms with E-state index in [1.54, 1.807) is 29.2 Å². The van der Waals surface area contributed by atoms with Gasteiger partial charge in [0.05, 0.1) is 13.7 Å². The highest BCUT2D eigenvalue weighted by Crippen LogP contribution is 2.21. The Morgan fingerprint density at radius 3 is 2.42 bits per heavy atom. The van der Waals surface area contributed by atoms with Crippen LogP contribution in [0.5, 0.6) is 0 Å². The average molecular weight is 340 g/mol. The van der Waals surface area contributed by atoms with Gasteiger partial charge < -0.3 is 10.1 Å². The second-order valence-electron chi connectivity index (χ2n) is 5.84. The fourth-order valence-electron chi connectivity index (χ4n) is 2.87. The first kappa shape index (κ1) is 18.3. The van der Waals surface area contributed by atoms with Gasteiger partial charge in [0, 0.05) is 5.92 Å². The molecule has 0 radical (unpaired) electrons. The first-order chi connectivity index (χ1) is 11.5. The summed E-state index contributed by atoms with van der Waals surface area (Å²) in [5, 5.41) is 2.73. The lowest BCUT2D eigenvalue weighted by atomic mass is 9.95. The number of rotatable bonds is 6. The maximum Gasteiger partial charge on any atom is 0.333 e. The Bertz CT molecular complexity index is 546. The van der Waals surface area contributed by atoms with Gasteiger partial charge in [0.15, 0.2) is 6.04 Å². The van der Waals surface area contributed by atoms with Gasteiger partial charge in [-0.3, -0.25) is 9.69 Å². The number of alkyl halides is 2. The molecule has 0 aliphatic carbocycles. The van der Waals surface area contributed by atoms with Crippen LogP contribution in [0.4, 0.5) is 8.78 Å². The van der Waals surface area contributed by atoms with Crippen LogP contribution in [-0.2, 0) is 14.3 Å². The molecule has 1 aromatic rings. The molecule has 0 unspecified atom stereocenters. The van der Waals surface area contributed by atoms with E-state index in [0.717, 1.165) is 0 Å². The van der Waals surface area contributed by atoms with Gasteiger partial charge in [-0.25, -0.2) is 13.6 Å². The second-order valence-corrected chi connectivity index (χ2v) is 5.84. The number of hydrogen-bond donors (Lipinski definition) is 1. The third-order valence-corrected chi connectivity index (χ3v) is 4.21. The van der Waals surface area contributed by atoms with Crippen molar-refractivity contribution in [1.29, 1.82) is 0 Å². The van der Waals surface area contributed by atoms with Gasteiger partial charge in [-0.15, -0.1) is 0 Å². The van der Waals surface area contributed by atoms with E-state index in [1.807, 2.05) is 6.07 Å². The molecule has 1 aromatic carbocycles. The minimum absolute atomic E-state index is 0.244. The van der Waals surface area contributed by atoms with Crippen LogP contribution in [0.15, 0.2) is 30.3 Å². The maximum absolute atomic E-state index is 12.4. The van der Waals surface area contributed by atoms with Crippen LogP contribution >= 0.6 is 0 Å². The van der Waals surface area contributed by atoms with E-state index in [4.69, 9.17) is 4.74 Å². The molecule has 1 saturated heterocycles. The van der Waals surface area contributed by atoms with Crippen molar-refractivity contribution >= 4 is 11.9 Å². The number of amides is 1. The van der Waals surface area contributed by atoms with Crippen molar-refractivity contribution in [3.8, 4) is 0 Å². The van der Waals surface area contributed by atoms with Gasteiger partial charge in [0.2, 0.25) is 5.91 Å². The van der Waals surface area contributed by atoms with Gasteiger partial charge >= 0.3 is 5.97 Å². The number of carbonyl (C=O) groups excluding carboxylic acids is 2. The average Bonchev–Trinajstić information content (AvgIpc) is 2.59. The Labute approximate surface area is 140 Å². The van der Waals surface area contributed by atoms with E-state index in [2.05, 4.69) is 5.32 Å². The molecule has 0 aromatic heterocycles. The second kappa shape index (κ2) is 8.73. The molecule has 5 nitrogen and oxygen atoms in total. The summed E-state index contributed by atoms with van der Waals surface area (Å²) >= 11 is 0. The molecule has 1 aliphatic heterocycles. The standard InChI is InChI=1S/C17H22F2N2O3/c1-24-17(23)15(12-5-3-2-4-6-12)20-16(22)13-7-9-21(10-8-13)11-14(18)19/h2-6,13-15H,7-11H2,1H3,(H,20,22)/t15-/m0/s1. The zero-order valence-electron chi connectivity index (χ0n) is 13.6. The summed E-state index contributed by atoms with van der Waals surface area (Å²) in [6, 6.07) is 8.00. The van der Waals surface area contributed by atoms with Gasteiger partial charge in [0.1, 0.15) is 0 Å². The molecule has 0 saturated carbocycles. The molecule has 1 N–H and O–H groups in total. The van der Waals surface area contributed by atoms with E-state index >= 15 is 0 Å². The Hall–Kier alpha value is -2.02. The van der Waals surface area contributed by atoms with Crippen LogP contribution in [0.3, 0.4) is 0 Å². The zero-order chi connectivity index (χ0) is 17.5. The highest BCUT2D eigenvalue weighted by molar-refractivity contribution is 5.86. The predicted molar refractivity (Wildman–Crippen MR) is 84.5 cm³/mol. The number of nitrogens with zero attached hydrogens (tertiary/aromatic N) is 1. The van der Waals surface area contributed by atoms with Gasteiger partial charge in [-0.1, -0.05) is 30.3 Å². The SMILES string of the molecule is COC(=O)[C@@H](NC(=O)C1CCN(CC(F)F)CC1)c1ccccc1. The van der Waals surface area contributed by atoms with Crippen molar-refractivity contribution in [3.05, 3.63) is 35.9 Å². The number of nitrogens with one attached hydrogen (secondary N) is 1. The van der Waals surface area contributed by atoms with Crippen LogP contribution < -0.4 is 5.32 Å². The molecule has 132 valence electrons. The predicted octanol–water partition coefficient (Wildman–Crippen LogP) is 1.99. The van der Waals surface area contributed by atoms with Crippen LogP contribution in [0, 0.1) is 5.92 Å². The molecule has 1 aliphatic rings. The summed E-state index contributed by atoms with van der Waals surface area (Å²) < 4.78 is 29.6. The van der Waals surface area contributed by atoms with Crippen LogP contribution in [0.2, 0.25) is 0 Å². The van der Waals surface area contributed by atoms with Crippen molar-refractivity contribution in [2.45, 2.75) is 25.3 Å². The lowest BCUT2D eigenvalue weighted by Gasteiger charge is -2.31. The minimum atomic E-state index is -2.36. The summed E-state index contributed by atoms with van der Waals surface area (Å²) in [5.41, 5.74) is 0.646. The quantitative estimate of drug-likeness (QED) is 0.805. The molecule has 1 heterocycles. The minimum Gasteiger partial charge on any atom is -0.467 e.